The van der Waals surface area contributed by atoms with Gasteiger partial charge in [-0.3, -0.25) is 19.5 Å². The van der Waals surface area contributed by atoms with E-state index >= 15 is 4.79 Å². The molecule has 0 N–H and O–H groups in total. The Morgan fingerprint density at radius 3 is 1.60 bits per heavy atom. The summed E-state index contributed by atoms with van der Waals surface area (Å²) in [6.45, 7) is 7.27. The number of hydrogen-bond donors (Lipinski definition) is 0. The van der Waals surface area contributed by atoms with Crippen LogP contribution in [0.1, 0.15) is 241 Å². The largest absolute Gasteiger partial charge is 0.493 e. The van der Waals surface area contributed by atoms with E-state index in [1.807, 2.05) is 12.1 Å². The summed E-state index contributed by atoms with van der Waals surface area (Å²) in [7, 11) is 3.18. The highest BCUT2D eigenvalue weighted by molar-refractivity contribution is 6.07. The summed E-state index contributed by atoms with van der Waals surface area (Å²) in [5.74, 6) is -0.761. The molecule has 2 aliphatic rings. The van der Waals surface area contributed by atoms with Crippen LogP contribution in [-0.4, -0.2) is 49.9 Å². The summed E-state index contributed by atoms with van der Waals surface area (Å²) in [5, 5.41) is 5.02. The van der Waals surface area contributed by atoms with E-state index in [9.17, 15) is 9.59 Å². The molecule has 10 heteroatoms. The third-order valence-corrected chi connectivity index (χ3v) is 14.9. The molecule has 386 valence electrons. The number of nitrogens with zero attached hydrogens (tertiary/aromatic N) is 1. The number of Topliss-reactive ketones (excluding diaryl/α,β-unsaturated/α-hetero) is 1. The first-order valence-corrected chi connectivity index (χ1v) is 27.5. The van der Waals surface area contributed by atoms with Crippen LogP contribution in [0.2, 0.25) is 0 Å². The SMILES string of the molecule is CCCCCCCCCCCCCCCCC(=O)OOOC(=O)C(CCCCCCCCCCCCCCC)C1(CC2CCN(Cc3ccccc3)CC2)Cc2cc(OC)c(OC)cc2C1=O.Cl. The lowest BCUT2D eigenvalue weighted by atomic mass is 9.64. The Labute approximate surface area is 419 Å². The third kappa shape index (κ3) is 21.5. The number of carbonyl (C=O) groups is 3. The van der Waals surface area contributed by atoms with Crippen LogP contribution in [0.15, 0.2) is 42.5 Å². The molecule has 2 unspecified atom stereocenters. The van der Waals surface area contributed by atoms with E-state index < -0.39 is 23.3 Å². The summed E-state index contributed by atoms with van der Waals surface area (Å²) in [6, 6.07) is 14.2. The van der Waals surface area contributed by atoms with E-state index in [-0.39, 0.29) is 30.5 Å². The second kappa shape index (κ2) is 35.9. The van der Waals surface area contributed by atoms with E-state index in [0.717, 1.165) is 70.1 Å². The number of benzene rings is 2. The predicted molar refractivity (Wildman–Crippen MR) is 278 cm³/mol. The molecule has 0 amide bonds. The highest BCUT2D eigenvalue weighted by atomic mass is 35.5. The van der Waals surface area contributed by atoms with Crippen molar-refractivity contribution in [2.24, 2.45) is 17.3 Å². The molecule has 2 aromatic carbocycles. The second-order valence-electron chi connectivity index (χ2n) is 20.3. The van der Waals surface area contributed by atoms with Gasteiger partial charge in [0.05, 0.1) is 25.6 Å². The van der Waals surface area contributed by atoms with Crippen LogP contribution in [0.4, 0.5) is 0 Å². The quantitative estimate of drug-likeness (QED) is 0.0368. The number of piperidine rings is 1. The van der Waals surface area contributed by atoms with Gasteiger partial charge in [-0.15, -0.1) is 12.4 Å². The van der Waals surface area contributed by atoms with Crippen molar-refractivity contribution in [3.8, 4) is 11.5 Å². The number of likely N-dealkylation sites (tertiary alicyclic amines) is 1. The topological polar surface area (TPSA) is 101 Å². The van der Waals surface area contributed by atoms with Gasteiger partial charge in [-0.1, -0.05) is 211 Å². The van der Waals surface area contributed by atoms with E-state index in [2.05, 4.69) is 43.0 Å². The lowest BCUT2D eigenvalue weighted by Crippen LogP contribution is -2.45. The average Bonchev–Trinajstić information content (AvgIpc) is 3.61. The summed E-state index contributed by atoms with van der Waals surface area (Å²) >= 11 is 0. The minimum Gasteiger partial charge on any atom is -0.493 e. The van der Waals surface area contributed by atoms with Crippen molar-refractivity contribution >= 4 is 30.1 Å². The minimum absolute atomic E-state index is 0. The van der Waals surface area contributed by atoms with Crippen molar-refractivity contribution in [2.75, 3.05) is 27.3 Å². The fraction of sp³-hybridized carbons (Fsp3) is 0.741. The van der Waals surface area contributed by atoms with Crippen LogP contribution in [0.3, 0.4) is 0 Å². The van der Waals surface area contributed by atoms with Crippen molar-refractivity contribution in [2.45, 2.75) is 232 Å². The summed E-state index contributed by atoms with van der Waals surface area (Å²) in [6.07, 6.45) is 36.5. The molecule has 1 aliphatic heterocycles. The van der Waals surface area contributed by atoms with Gasteiger partial charge in [-0.2, -0.15) is 0 Å². The molecule has 1 heterocycles. The Kier molecular flexibility index (Phi) is 31.2. The van der Waals surface area contributed by atoms with Gasteiger partial charge >= 0.3 is 11.9 Å². The molecular formula is C58H94ClNO8. The lowest BCUT2D eigenvalue weighted by molar-refractivity contribution is -0.461. The second-order valence-corrected chi connectivity index (χ2v) is 20.3. The monoisotopic (exact) mass is 968 g/mol. The number of carbonyl (C=O) groups excluding carboxylic acids is 3. The van der Waals surface area contributed by atoms with Crippen LogP contribution in [0, 0.1) is 17.3 Å². The highest BCUT2D eigenvalue weighted by Crippen LogP contribution is 2.52. The van der Waals surface area contributed by atoms with E-state index in [1.54, 1.807) is 20.3 Å². The molecule has 0 bridgehead atoms. The molecule has 1 aliphatic carbocycles. The van der Waals surface area contributed by atoms with Gasteiger partial charge in [0, 0.05) is 23.6 Å². The fourth-order valence-electron chi connectivity index (χ4n) is 10.9. The van der Waals surface area contributed by atoms with Crippen LogP contribution < -0.4 is 9.47 Å². The average molecular weight is 969 g/mol. The molecule has 0 spiro atoms. The predicted octanol–water partition coefficient (Wildman–Crippen LogP) is 16.1. The number of ketones is 1. The van der Waals surface area contributed by atoms with Crippen molar-refractivity contribution in [1.29, 1.82) is 0 Å². The summed E-state index contributed by atoms with van der Waals surface area (Å²) in [5.41, 5.74) is 1.67. The maximum Gasteiger partial charge on any atom is 0.350 e. The van der Waals surface area contributed by atoms with Gasteiger partial charge in [-0.25, -0.2) is 9.59 Å². The van der Waals surface area contributed by atoms with Crippen LogP contribution >= 0.6 is 12.4 Å². The number of methoxy groups -OCH3 is 2. The smallest absolute Gasteiger partial charge is 0.350 e. The fourth-order valence-corrected chi connectivity index (χ4v) is 10.9. The van der Waals surface area contributed by atoms with Crippen LogP contribution in [0.25, 0.3) is 0 Å². The zero-order chi connectivity index (χ0) is 47.8. The molecule has 9 nitrogen and oxygen atoms in total. The number of rotatable bonds is 39. The third-order valence-electron chi connectivity index (χ3n) is 14.9. The Morgan fingerprint density at radius 1 is 0.632 bits per heavy atom. The Hall–Kier alpha value is -3.14. The maximum atomic E-state index is 15.1. The van der Waals surface area contributed by atoms with E-state index in [0.29, 0.717) is 42.7 Å². The minimum atomic E-state index is -1.05. The van der Waals surface area contributed by atoms with E-state index in [1.165, 1.54) is 140 Å². The number of ether oxygens (including phenoxy) is 2. The molecule has 2 aromatic rings. The molecule has 1 fully saturated rings. The van der Waals surface area contributed by atoms with E-state index in [4.69, 9.17) is 24.3 Å². The number of halogens is 1. The van der Waals surface area contributed by atoms with Gasteiger partial charge in [0.2, 0.25) is 0 Å². The molecule has 2 atom stereocenters. The maximum absolute atomic E-state index is 15.1. The van der Waals surface area contributed by atoms with Gasteiger partial charge in [0.15, 0.2) is 17.3 Å². The van der Waals surface area contributed by atoms with Crippen LogP contribution in [-0.2, 0) is 37.4 Å². The van der Waals surface area contributed by atoms with Crippen molar-refractivity contribution in [3.05, 3.63) is 59.2 Å². The van der Waals surface area contributed by atoms with Gasteiger partial charge in [0.25, 0.3) is 0 Å². The lowest BCUT2D eigenvalue weighted by Gasteiger charge is -2.40. The molecule has 68 heavy (non-hydrogen) atoms. The molecule has 1 saturated heterocycles. The number of hydrogen-bond acceptors (Lipinski definition) is 9. The van der Waals surface area contributed by atoms with Crippen LogP contribution in [0.5, 0.6) is 11.5 Å². The first-order chi connectivity index (χ1) is 32.8. The highest BCUT2D eigenvalue weighted by Gasteiger charge is 2.55. The summed E-state index contributed by atoms with van der Waals surface area (Å²) in [4.78, 5) is 55.3. The number of unbranched alkanes of at least 4 members (excludes halogenated alkanes) is 25. The van der Waals surface area contributed by atoms with Crippen molar-refractivity contribution in [1.82, 2.24) is 4.90 Å². The first-order valence-electron chi connectivity index (χ1n) is 27.5. The Balaban J connectivity index is 0.0000122. The Morgan fingerprint density at radius 2 is 1.10 bits per heavy atom. The molecule has 4 rings (SSSR count). The molecule has 0 saturated carbocycles. The van der Waals surface area contributed by atoms with Gasteiger partial charge < -0.3 is 9.47 Å². The molecular weight excluding hydrogens is 874 g/mol. The standard InChI is InChI=1S/C58H93NO8.ClH/c1-5-7-9-11-13-15-17-19-21-23-25-27-29-34-38-55(60)65-67-66-57(62)52(37-33-28-26-24-22-20-18-16-14-12-10-8-6-2)58(46-50-43-53(63-3)54(64-4)44-51(50)56(58)61)45-48-39-41-59(42-40-48)47-49-35-31-30-32-36-49;/h30-32,35-36,43-44,48,52H,5-29,33-34,37-42,45-47H2,1-4H3;1H. The molecule has 0 radical (unpaired) electrons. The van der Waals surface area contributed by atoms with Crippen molar-refractivity contribution < 1.29 is 38.7 Å². The normalized spacial score (nSPS) is 16.6. The molecule has 0 aromatic heterocycles. The first kappa shape index (κ1) is 59.2. The number of fused-ring (bicyclic) bond motifs is 1. The van der Waals surface area contributed by atoms with Gasteiger partial charge in [-0.05, 0) is 80.8 Å². The van der Waals surface area contributed by atoms with Crippen molar-refractivity contribution in [3.63, 3.8) is 0 Å². The zero-order valence-corrected chi connectivity index (χ0v) is 44.1. The zero-order valence-electron chi connectivity index (χ0n) is 43.3. The summed E-state index contributed by atoms with van der Waals surface area (Å²) < 4.78 is 11.4. The Bertz CT molecular complexity index is 1650. The van der Waals surface area contributed by atoms with Gasteiger partial charge in [0.1, 0.15) is 0 Å².